The van der Waals surface area contributed by atoms with Crippen LogP contribution in [-0.2, 0) is 0 Å². The molecular weight excluding hydrogens is 324 g/mol. The SMILES string of the molecule is CNC(C)c1ccc(N2CCC3CCCCC3C2)c(Br)c1. The summed E-state index contributed by atoms with van der Waals surface area (Å²) in [7, 11) is 2.01. The highest BCUT2D eigenvalue weighted by molar-refractivity contribution is 9.10. The van der Waals surface area contributed by atoms with Crippen LogP contribution in [0.15, 0.2) is 22.7 Å². The molecule has 0 amide bonds. The Morgan fingerprint density at radius 3 is 2.67 bits per heavy atom. The second kappa shape index (κ2) is 6.70. The van der Waals surface area contributed by atoms with Crippen LogP contribution >= 0.6 is 15.9 Å². The van der Waals surface area contributed by atoms with Crippen molar-refractivity contribution in [2.75, 3.05) is 25.0 Å². The lowest BCUT2D eigenvalue weighted by Crippen LogP contribution is -2.42. The van der Waals surface area contributed by atoms with E-state index in [9.17, 15) is 0 Å². The standard InChI is InChI=1S/C18H27BrN2/c1-13(20-2)15-7-8-18(17(19)11-15)21-10-9-14-5-3-4-6-16(14)12-21/h7-8,11,13-14,16,20H,3-6,9-10,12H2,1-2H3. The van der Waals surface area contributed by atoms with Gasteiger partial charge in [0.25, 0.3) is 0 Å². The minimum absolute atomic E-state index is 0.402. The summed E-state index contributed by atoms with van der Waals surface area (Å²) in [4.78, 5) is 2.60. The minimum atomic E-state index is 0.402. The van der Waals surface area contributed by atoms with Crippen LogP contribution in [0.4, 0.5) is 5.69 Å². The number of hydrogen-bond donors (Lipinski definition) is 1. The summed E-state index contributed by atoms with van der Waals surface area (Å²) in [6.45, 7) is 4.68. The van der Waals surface area contributed by atoms with Crippen LogP contribution in [-0.4, -0.2) is 20.1 Å². The molecule has 3 atom stereocenters. The predicted octanol–water partition coefficient (Wildman–Crippen LogP) is 4.75. The van der Waals surface area contributed by atoms with Crippen LogP contribution in [0.2, 0.25) is 0 Å². The van der Waals surface area contributed by atoms with Gasteiger partial charge in [-0.1, -0.05) is 25.3 Å². The first kappa shape index (κ1) is 15.4. The number of halogens is 1. The topological polar surface area (TPSA) is 15.3 Å². The molecule has 1 aromatic carbocycles. The normalized spacial score (nSPS) is 27.3. The van der Waals surface area contributed by atoms with Gasteiger partial charge in [0.15, 0.2) is 0 Å². The maximum atomic E-state index is 3.80. The largest absolute Gasteiger partial charge is 0.370 e. The molecule has 1 aliphatic heterocycles. The van der Waals surface area contributed by atoms with E-state index in [1.807, 2.05) is 7.05 Å². The highest BCUT2D eigenvalue weighted by atomic mass is 79.9. The first-order chi connectivity index (χ1) is 10.2. The van der Waals surface area contributed by atoms with E-state index in [-0.39, 0.29) is 0 Å². The van der Waals surface area contributed by atoms with Crippen molar-refractivity contribution in [1.29, 1.82) is 0 Å². The molecule has 2 aliphatic rings. The molecular formula is C18H27BrN2. The summed E-state index contributed by atoms with van der Waals surface area (Å²) in [6, 6.07) is 7.26. The second-order valence-electron chi connectivity index (χ2n) is 6.76. The summed E-state index contributed by atoms with van der Waals surface area (Å²) in [5.74, 6) is 1.92. The third-order valence-corrected chi connectivity index (χ3v) is 6.17. The zero-order valence-electron chi connectivity index (χ0n) is 13.2. The molecule has 21 heavy (non-hydrogen) atoms. The van der Waals surface area contributed by atoms with Gasteiger partial charge in [-0.05, 0) is 72.3 Å². The molecule has 1 saturated heterocycles. The number of piperidine rings is 1. The summed E-state index contributed by atoms with van der Waals surface area (Å²) >= 11 is 3.80. The zero-order valence-corrected chi connectivity index (χ0v) is 14.8. The smallest absolute Gasteiger partial charge is 0.0510 e. The molecule has 1 saturated carbocycles. The fourth-order valence-electron chi connectivity index (χ4n) is 4.04. The predicted molar refractivity (Wildman–Crippen MR) is 93.9 cm³/mol. The van der Waals surface area contributed by atoms with E-state index < -0.39 is 0 Å². The van der Waals surface area contributed by atoms with E-state index in [2.05, 4.69) is 51.3 Å². The van der Waals surface area contributed by atoms with E-state index in [0.717, 1.165) is 11.8 Å². The highest BCUT2D eigenvalue weighted by Crippen LogP contribution is 2.39. The summed E-state index contributed by atoms with van der Waals surface area (Å²) in [6.07, 6.45) is 7.19. The van der Waals surface area contributed by atoms with E-state index in [1.54, 1.807) is 0 Å². The van der Waals surface area contributed by atoms with E-state index in [1.165, 1.54) is 60.9 Å². The maximum Gasteiger partial charge on any atom is 0.0510 e. The fourth-order valence-corrected chi connectivity index (χ4v) is 4.68. The second-order valence-corrected chi connectivity index (χ2v) is 7.61. The van der Waals surface area contributed by atoms with Crippen molar-refractivity contribution in [3.63, 3.8) is 0 Å². The minimum Gasteiger partial charge on any atom is -0.370 e. The molecule has 1 N–H and O–H groups in total. The van der Waals surface area contributed by atoms with Crippen LogP contribution in [0.5, 0.6) is 0 Å². The Kier molecular flexibility index (Phi) is 4.90. The van der Waals surface area contributed by atoms with Crippen LogP contribution in [0, 0.1) is 11.8 Å². The van der Waals surface area contributed by atoms with Gasteiger partial charge in [-0.3, -0.25) is 0 Å². The zero-order chi connectivity index (χ0) is 14.8. The third kappa shape index (κ3) is 3.29. The molecule has 3 unspecified atom stereocenters. The molecule has 0 spiro atoms. The van der Waals surface area contributed by atoms with Crippen molar-refractivity contribution in [1.82, 2.24) is 5.32 Å². The molecule has 1 heterocycles. The number of nitrogens with zero attached hydrogens (tertiary/aromatic N) is 1. The van der Waals surface area contributed by atoms with Crippen molar-refractivity contribution in [3.05, 3.63) is 28.2 Å². The molecule has 0 bridgehead atoms. The van der Waals surface area contributed by atoms with E-state index in [4.69, 9.17) is 0 Å². The van der Waals surface area contributed by atoms with Crippen molar-refractivity contribution in [2.45, 2.75) is 45.1 Å². The van der Waals surface area contributed by atoms with Crippen molar-refractivity contribution < 1.29 is 0 Å². The number of nitrogens with one attached hydrogen (secondary N) is 1. The number of rotatable bonds is 3. The lowest BCUT2D eigenvalue weighted by molar-refractivity contribution is 0.202. The summed E-state index contributed by atoms with van der Waals surface area (Å²) in [5, 5.41) is 3.31. The van der Waals surface area contributed by atoms with Gasteiger partial charge < -0.3 is 10.2 Å². The number of hydrogen-bond acceptors (Lipinski definition) is 2. The van der Waals surface area contributed by atoms with Crippen molar-refractivity contribution in [3.8, 4) is 0 Å². The number of fused-ring (bicyclic) bond motifs is 1. The van der Waals surface area contributed by atoms with Crippen molar-refractivity contribution >= 4 is 21.6 Å². The lowest BCUT2D eigenvalue weighted by Gasteiger charge is -2.42. The molecule has 3 heteroatoms. The molecule has 2 fully saturated rings. The Morgan fingerprint density at radius 2 is 1.95 bits per heavy atom. The van der Waals surface area contributed by atoms with E-state index in [0.29, 0.717) is 6.04 Å². The van der Waals surface area contributed by atoms with Crippen LogP contribution in [0.1, 0.15) is 50.6 Å². The molecule has 3 rings (SSSR count). The van der Waals surface area contributed by atoms with Gasteiger partial charge in [0.05, 0.1) is 5.69 Å². The summed E-state index contributed by atoms with van der Waals surface area (Å²) in [5.41, 5.74) is 2.73. The van der Waals surface area contributed by atoms with Gasteiger partial charge >= 0.3 is 0 Å². The van der Waals surface area contributed by atoms with Gasteiger partial charge in [-0.15, -0.1) is 0 Å². The Bertz CT molecular complexity index is 488. The van der Waals surface area contributed by atoms with Gasteiger partial charge in [0, 0.05) is 23.6 Å². The number of anilines is 1. The van der Waals surface area contributed by atoms with Crippen LogP contribution < -0.4 is 10.2 Å². The summed E-state index contributed by atoms with van der Waals surface area (Å²) < 4.78 is 1.25. The van der Waals surface area contributed by atoms with Gasteiger partial charge in [-0.2, -0.15) is 0 Å². The van der Waals surface area contributed by atoms with Crippen LogP contribution in [0.25, 0.3) is 0 Å². The average molecular weight is 351 g/mol. The molecule has 0 aromatic heterocycles. The lowest BCUT2D eigenvalue weighted by atomic mass is 9.75. The van der Waals surface area contributed by atoms with Crippen LogP contribution in [0.3, 0.4) is 0 Å². The molecule has 0 radical (unpaired) electrons. The first-order valence-corrected chi connectivity index (χ1v) is 9.20. The number of benzene rings is 1. The van der Waals surface area contributed by atoms with E-state index >= 15 is 0 Å². The highest BCUT2D eigenvalue weighted by Gasteiger charge is 2.31. The average Bonchev–Trinajstić information content (AvgIpc) is 2.53. The third-order valence-electron chi connectivity index (χ3n) is 5.54. The Morgan fingerprint density at radius 1 is 1.19 bits per heavy atom. The molecule has 1 aliphatic carbocycles. The quantitative estimate of drug-likeness (QED) is 0.846. The first-order valence-electron chi connectivity index (χ1n) is 8.40. The van der Waals surface area contributed by atoms with Gasteiger partial charge in [-0.25, -0.2) is 0 Å². The van der Waals surface area contributed by atoms with Gasteiger partial charge in [0.2, 0.25) is 0 Å². The Labute approximate surface area is 137 Å². The van der Waals surface area contributed by atoms with Gasteiger partial charge in [0.1, 0.15) is 0 Å². The Balaban J connectivity index is 1.74. The monoisotopic (exact) mass is 350 g/mol. The maximum absolute atomic E-state index is 3.80. The molecule has 1 aromatic rings. The Hall–Kier alpha value is -0.540. The molecule has 116 valence electrons. The fraction of sp³-hybridized carbons (Fsp3) is 0.667. The molecule has 2 nitrogen and oxygen atoms in total. The van der Waals surface area contributed by atoms with Crippen molar-refractivity contribution in [2.24, 2.45) is 11.8 Å².